The van der Waals surface area contributed by atoms with Crippen molar-refractivity contribution < 1.29 is 23.5 Å². The highest BCUT2D eigenvalue weighted by atomic mass is 35.5. The van der Waals surface area contributed by atoms with Crippen molar-refractivity contribution in [1.82, 2.24) is 10.2 Å². The van der Waals surface area contributed by atoms with E-state index in [1.165, 1.54) is 6.26 Å². The van der Waals surface area contributed by atoms with E-state index in [2.05, 4.69) is 5.32 Å². The third kappa shape index (κ3) is 6.02. The number of ether oxygens (including phenoxy) is 2. The van der Waals surface area contributed by atoms with Gasteiger partial charge in [-0.3, -0.25) is 9.59 Å². The molecule has 0 spiro atoms. The molecule has 4 rings (SSSR count). The van der Waals surface area contributed by atoms with E-state index in [4.69, 9.17) is 25.5 Å². The number of halogens is 1. The first kappa shape index (κ1) is 25.6. The van der Waals surface area contributed by atoms with Crippen molar-refractivity contribution in [3.8, 4) is 11.5 Å². The lowest BCUT2D eigenvalue weighted by molar-refractivity contribution is -0.126. The predicted molar refractivity (Wildman–Crippen MR) is 138 cm³/mol. The zero-order valence-electron chi connectivity index (χ0n) is 20.5. The number of amides is 2. The smallest absolute Gasteiger partial charge is 0.290 e. The third-order valence-electron chi connectivity index (χ3n) is 6.53. The minimum atomic E-state index is -0.847. The molecule has 2 amide bonds. The summed E-state index contributed by atoms with van der Waals surface area (Å²) in [4.78, 5) is 28.9. The standard InChI is InChI=1S/C28H31ClN2O5/c1-34-23-14-9-19(18-25(23)35-2)15-16-31(28(33)24-8-5-17-36-24)26(20-10-12-21(29)13-11-20)27(32)30-22-6-3-4-7-22/h5,8-14,17-18,22,26H,3-4,6-7,15-16H2,1-2H3,(H,30,32)/t26-/m1/s1. The molecule has 1 aliphatic rings. The van der Waals surface area contributed by atoms with Gasteiger partial charge in [-0.1, -0.05) is 42.6 Å². The predicted octanol–water partition coefficient (Wildman–Crippen LogP) is 5.44. The highest BCUT2D eigenvalue weighted by Crippen LogP contribution is 2.30. The molecule has 1 aromatic heterocycles. The molecule has 190 valence electrons. The van der Waals surface area contributed by atoms with Crippen molar-refractivity contribution in [3.63, 3.8) is 0 Å². The average molecular weight is 511 g/mol. The minimum Gasteiger partial charge on any atom is -0.493 e. The van der Waals surface area contributed by atoms with E-state index in [9.17, 15) is 9.59 Å². The van der Waals surface area contributed by atoms with Gasteiger partial charge in [-0.15, -0.1) is 0 Å². The molecule has 0 bridgehead atoms. The van der Waals surface area contributed by atoms with Gasteiger partial charge in [0.1, 0.15) is 6.04 Å². The number of carbonyl (C=O) groups is 2. The molecule has 0 saturated heterocycles. The van der Waals surface area contributed by atoms with Gasteiger partial charge in [0.15, 0.2) is 17.3 Å². The van der Waals surface area contributed by atoms with Gasteiger partial charge < -0.3 is 24.1 Å². The molecule has 1 N–H and O–H groups in total. The van der Waals surface area contributed by atoms with E-state index in [0.717, 1.165) is 31.2 Å². The molecular weight excluding hydrogens is 480 g/mol. The van der Waals surface area contributed by atoms with E-state index >= 15 is 0 Å². The zero-order chi connectivity index (χ0) is 25.5. The Hall–Kier alpha value is -3.45. The fourth-order valence-corrected chi connectivity index (χ4v) is 4.77. The van der Waals surface area contributed by atoms with E-state index in [0.29, 0.717) is 28.5 Å². The molecule has 3 aromatic rings. The molecule has 1 fully saturated rings. The fourth-order valence-electron chi connectivity index (χ4n) is 4.64. The second-order valence-electron chi connectivity index (χ2n) is 8.86. The number of furan rings is 1. The normalized spacial score (nSPS) is 14.3. The Morgan fingerprint density at radius 3 is 2.42 bits per heavy atom. The molecule has 0 aliphatic heterocycles. The lowest BCUT2D eigenvalue weighted by Gasteiger charge is -2.32. The summed E-state index contributed by atoms with van der Waals surface area (Å²) in [6, 6.07) is 15.2. The van der Waals surface area contributed by atoms with Crippen LogP contribution in [-0.4, -0.2) is 43.5 Å². The van der Waals surface area contributed by atoms with Gasteiger partial charge in [-0.05, 0) is 66.8 Å². The highest BCUT2D eigenvalue weighted by Gasteiger charge is 2.34. The fraction of sp³-hybridized carbons (Fsp3) is 0.357. The molecule has 7 nitrogen and oxygen atoms in total. The summed E-state index contributed by atoms with van der Waals surface area (Å²) in [5, 5.41) is 3.73. The van der Waals surface area contributed by atoms with Crippen molar-refractivity contribution in [2.45, 2.75) is 44.2 Å². The maximum absolute atomic E-state index is 13.7. The van der Waals surface area contributed by atoms with Crippen LogP contribution in [-0.2, 0) is 11.2 Å². The van der Waals surface area contributed by atoms with Crippen molar-refractivity contribution in [2.75, 3.05) is 20.8 Å². The van der Waals surface area contributed by atoms with Crippen LogP contribution in [0.25, 0.3) is 0 Å². The van der Waals surface area contributed by atoms with Crippen molar-refractivity contribution >= 4 is 23.4 Å². The molecule has 36 heavy (non-hydrogen) atoms. The summed E-state index contributed by atoms with van der Waals surface area (Å²) in [5.74, 6) is 0.834. The van der Waals surface area contributed by atoms with Crippen LogP contribution < -0.4 is 14.8 Å². The number of nitrogens with zero attached hydrogens (tertiary/aromatic N) is 1. The zero-order valence-corrected chi connectivity index (χ0v) is 21.3. The number of rotatable bonds is 10. The van der Waals surface area contributed by atoms with Crippen molar-refractivity contribution in [2.24, 2.45) is 0 Å². The molecule has 0 radical (unpaired) electrons. The maximum atomic E-state index is 13.7. The van der Waals surface area contributed by atoms with E-state index < -0.39 is 6.04 Å². The Bertz CT molecular complexity index is 1160. The number of carbonyl (C=O) groups excluding carboxylic acids is 2. The van der Waals surface area contributed by atoms with Gasteiger partial charge in [-0.25, -0.2) is 0 Å². The first-order valence-electron chi connectivity index (χ1n) is 12.1. The largest absolute Gasteiger partial charge is 0.493 e. The van der Waals surface area contributed by atoms with E-state index in [-0.39, 0.29) is 30.2 Å². The van der Waals surface area contributed by atoms with E-state index in [1.807, 2.05) is 18.2 Å². The first-order chi connectivity index (χ1) is 17.5. The number of nitrogens with one attached hydrogen (secondary N) is 1. The lowest BCUT2D eigenvalue weighted by Crippen LogP contribution is -2.46. The Balaban J connectivity index is 1.67. The lowest BCUT2D eigenvalue weighted by atomic mass is 10.0. The van der Waals surface area contributed by atoms with Crippen LogP contribution >= 0.6 is 11.6 Å². The van der Waals surface area contributed by atoms with Gasteiger partial charge >= 0.3 is 0 Å². The van der Waals surface area contributed by atoms with Crippen molar-refractivity contribution in [1.29, 1.82) is 0 Å². The Morgan fingerprint density at radius 1 is 1.06 bits per heavy atom. The molecule has 8 heteroatoms. The van der Waals surface area contributed by atoms with Crippen LogP contribution in [0.2, 0.25) is 5.02 Å². The number of benzene rings is 2. The quantitative estimate of drug-likeness (QED) is 0.393. The second-order valence-corrected chi connectivity index (χ2v) is 9.30. The highest BCUT2D eigenvalue weighted by molar-refractivity contribution is 6.30. The first-order valence-corrected chi connectivity index (χ1v) is 12.5. The summed E-state index contributed by atoms with van der Waals surface area (Å²) >= 11 is 6.13. The summed E-state index contributed by atoms with van der Waals surface area (Å²) in [6.45, 7) is 0.278. The summed E-state index contributed by atoms with van der Waals surface area (Å²) in [7, 11) is 3.17. The number of methoxy groups -OCH3 is 2. The van der Waals surface area contributed by atoms with Crippen LogP contribution in [0.3, 0.4) is 0 Å². The van der Waals surface area contributed by atoms with Crippen molar-refractivity contribution in [3.05, 3.63) is 82.8 Å². The minimum absolute atomic E-state index is 0.110. The molecular formula is C28H31ClN2O5. The van der Waals surface area contributed by atoms with Crippen LogP contribution in [0.5, 0.6) is 11.5 Å². The molecule has 2 aromatic carbocycles. The van der Waals surface area contributed by atoms with Gasteiger partial charge in [0.05, 0.1) is 20.5 Å². The van der Waals surface area contributed by atoms with E-state index in [1.54, 1.807) is 55.5 Å². The Kier molecular flexibility index (Phi) is 8.54. The van der Waals surface area contributed by atoms with Crippen LogP contribution in [0.1, 0.15) is 53.4 Å². The van der Waals surface area contributed by atoms with Gasteiger partial charge in [0.2, 0.25) is 5.91 Å². The molecule has 1 heterocycles. The number of hydrogen-bond donors (Lipinski definition) is 1. The second kappa shape index (κ2) is 12.0. The summed E-state index contributed by atoms with van der Waals surface area (Å²) in [6.07, 6.45) is 6.01. The van der Waals surface area contributed by atoms with Crippen LogP contribution in [0.15, 0.2) is 65.3 Å². The third-order valence-corrected chi connectivity index (χ3v) is 6.78. The molecule has 1 atom stereocenters. The SMILES string of the molecule is COc1ccc(CCN(C(=O)c2ccco2)[C@@H](C(=O)NC2CCCC2)c2ccc(Cl)cc2)cc1OC. The van der Waals surface area contributed by atoms with Gasteiger partial charge in [-0.2, -0.15) is 0 Å². The van der Waals surface area contributed by atoms with Gasteiger partial charge in [0.25, 0.3) is 5.91 Å². The van der Waals surface area contributed by atoms with Crippen LogP contribution in [0, 0.1) is 0 Å². The monoisotopic (exact) mass is 510 g/mol. The maximum Gasteiger partial charge on any atom is 0.290 e. The topological polar surface area (TPSA) is 81.0 Å². The summed E-state index contributed by atoms with van der Waals surface area (Å²) in [5.41, 5.74) is 1.62. The Labute approximate surface area is 216 Å². The Morgan fingerprint density at radius 2 is 1.78 bits per heavy atom. The molecule has 1 saturated carbocycles. The summed E-state index contributed by atoms with van der Waals surface area (Å²) < 4.78 is 16.2. The average Bonchev–Trinajstić information content (AvgIpc) is 3.61. The van der Waals surface area contributed by atoms with Gasteiger partial charge in [0, 0.05) is 17.6 Å². The van der Waals surface area contributed by atoms with Crippen LogP contribution in [0.4, 0.5) is 0 Å². The molecule has 0 unspecified atom stereocenters. The number of hydrogen-bond acceptors (Lipinski definition) is 5. The molecule has 1 aliphatic carbocycles.